The minimum absolute atomic E-state index is 0.170. The summed E-state index contributed by atoms with van der Waals surface area (Å²) in [5.74, 6) is -0.380. The molecule has 0 unspecified atom stereocenters. The van der Waals surface area contributed by atoms with E-state index in [1.807, 2.05) is 0 Å². The second-order valence-corrected chi connectivity index (χ2v) is 5.34. The highest BCUT2D eigenvalue weighted by Crippen LogP contribution is 2.21. The first-order valence-corrected chi connectivity index (χ1v) is 7.36. The third-order valence-electron chi connectivity index (χ3n) is 3.13. The molecule has 0 spiro atoms. The van der Waals surface area contributed by atoms with E-state index in [1.54, 1.807) is 37.3 Å². The average molecular weight is 346 g/mol. The van der Waals surface area contributed by atoms with Crippen LogP contribution in [0.1, 0.15) is 16.1 Å². The summed E-state index contributed by atoms with van der Waals surface area (Å²) in [7, 11) is 0. The number of ether oxygens (including phenoxy) is 1. The van der Waals surface area contributed by atoms with E-state index in [2.05, 4.69) is 15.5 Å². The molecule has 0 saturated heterocycles. The molecule has 122 valence electrons. The highest BCUT2D eigenvalue weighted by molar-refractivity contribution is 6.30. The summed E-state index contributed by atoms with van der Waals surface area (Å²) in [5.41, 5.74) is 0.815. The standard InChI is InChI=1S/C16H12ClN3O4/c1-9-6-14(20-24-9)19-15(21)8-23-16(22)11-7-13(17)18-12-5-3-2-4-10(11)12/h2-7H,8H2,1H3,(H,19,20,21). The number of aryl methyl sites for hydroxylation is 1. The van der Waals surface area contributed by atoms with Gasteiger partial charge in [-0.2, -0.15) is 0 Å². The molecule has 0 radical (unpaired) electrons. The SMILES string of the molecule is Cc1cc(NC(=O)COC(=O)c2cc(Cl)nc3ccccc23)no1. The molecule has 3 aromatic rings. The van der Waals surface area contributed by atoms with Crippen LogP contribution >= 0.6 is 11.6 Å². The van der Waals surface area contributed by atoms with Crippen molar-refractivity contribution in [2.45, 2.75) is 6.92 Å². The Morgan fingerprint density at radius 2 is 2.08 bits per heavy atom. The van der Waals surface area contributed by atoms with Gasteiger partial charge >= 0.3 is 5.97 Å². The number of rotatable bonds is 4. The van der Waals surface area contributed by atoms with Gasteiger partial charge in [-0.15, -0.1) is 0 Å². The summed E-state index contributed by atoms with van der Waals surface area (Å²) in [6.07, 6.45) is 0. The maximum absolute atomic E-state index is 12.2. The molecule has 0 aliphatic carbocycles. The summed E-state index contributed by atoms with van der Waals surface area (Å²) in [6, 6.07) is 9.98. The van der Waals surface area contributed by atoms with Crippen molar-refractivity contribution in [2.24, 2.45) is 0 Å². The summed E-state index contributed by atoms with van der Waals surface area (Å²) in [6.45, 7) is 1.24. The van der Waals surface area contributed by atoms with Crippen molar-refractivity contribution < 1.29 is 18.8 Å². The Balaban J connectivity index is 1.70. The number of halogens is 1. The normalized spacial score (nSPS) is 10.6. The van der Waals surface area contributed by atoms with E-state index in [0.29, 0.717) is 16.7 Å². The Morgan fingerprint density at radius 3 is 2.83 bits per heavy atom. The molecule has 1 aromatic carbocycles. The van der Waals surface area contributed by atoms with Crippen LogP contribution < -0.4 is 5.32 Å². The quantitative estimate of drug-likeness (QED) is 0.577. The highest BCUT2D eigenvalue weighted by atomic mass is 35.5. The number of amides is 1. The molecule has 0 saturated carbocycles. The summed E-state index contributed by atoms with van der Waals surface area (Å²) >= 11 is 5.92. The number of pyridine rings is 1. The fraction of sp³-hybridized carbons (Fsp3) is 0.125. The molecule has 7 nitrogen and oxygen atoms in total. The second-order valence-electron chi connectivity index (χ2n) is 4.96. The van der Waals surface area contributed by atoms with Crippen molar-refractivity contribution in [3.05, 3.63) is 52.9 Å². The smallest absolute Gasteiger partial charge is 0.339 e. The van der Waals surface area contributed by atoms with Crippen molar-refractivity contribution >= 4 is 40.2 Å². The number of para-hydroxylation sites is 1. The van der Waals surface area contributed by atoms with Gasteiger partial charge in [-0.1, -0.05) is 35.0 Å². The number of carbonyl (C=O) groups excluding carboxylic acids is 2. The van der Waals surface area contributed by atoms with Crippen molar-refractivity contribution in [1.29, 1.82) is 0 Å². The average Bonchev–Trinajstić information content (AvgIpc) is 2.96. The third-order valence-corrected chi connectivity index (χ3v) is 3.33. The summed E-state index contributed by atoms with van der Waals surface area (Å²) in [5, 5.41) is 6.85. The second kappa shape index (κ2) is 6.67. The molecule has 24 heavy (non-hydrogen) atoms. The topological polar surface area (TPSA) is 94.3 Å². The molecular weight excluding hydrogens is 334 g/mol. The van der Waals surface area contributed by atoms with Crippen LogP contribution in [0, 0.1) is 6.92 Å². The lowest BCUT2D eigenvalue weighted by Crippen LogP contribution is -2.21. The zero-order chi connectivity index (χ0) is 17.1. The number of aromatic nitrogens is 2. The zero-order valence-electron chi connectivity index (χ0n) is 12.6. The number of benzene rings is 1. The minimum Gasteiger partial charge on any atom is -0.452 e. The Kier molecular flexibility index (Phi) is 4.43. The molecule has 0 fully saturated rings. The van der Waals surface area contributed by atoms with Crippen molar-refractivity contribution in [3.63, 3.8) is 0 Å². The maximum atomic E-state index is 12.2. The molecule has 0 aliphatic rings. The van der Waals surface area contributed by atoms with Crippen LogP contribution in [0.4, 0.5) is 5.82 Å². The van der Waals surface area contributed by atoms with Gasteiger partial charge in [0.15, 0.2) is 12.4 Å². The predicted octanol–water partition coefficient (Wildman–Crippen LogP) is 2.98. The van der Waals surface area contributed by atoms with Crippen LogP contribution in [-0.2, 0) is 9.53 Å². The number of carbonyl (C=O) groups is 2. The minimum atomic E-state index is -0.665. The molecule has 1 N–H and O–H groups in total. The van der Waals surface area contributed by atoms with Crippen molar-refractivity contribution in [3.8, 4) is 0 Å². The van der Waals surface area contributed by atoms with Crippen LogP contribution in [-0.4, -0.2) is 28.6 Å². The lowest BCUT2D eigenvalue weighted by molar-refractivity contribution is -0.119. The lowest BCUT2D eigenvalue weighted by Gasteiger charge is -2.07. The Morgan fingerprint density at radius 1 is 1.29 bits per heavy atom. The molecule has 0 bridgehead atoms. The molecule has 1 amide bonds. The Hall–Kier alpha value is -2.93. The van der Waals surface area contributed by atoms with Crippen LogP contribution in [0.25, 0.3) is 10.9 Å². The monoisotopic (exact) mass is 345 g/mol. The molecule has 0 aliphatic heterocycles. The number of hydrogen-bond acceptors (Lipinski definition) is 6. The first-order chi connectivity index (χ1) is 11.5. The van der Waals surface area contributed by atoms with E-state index >= 15 is 0 Å². The summed E-state index contributed by atoms with van der Waals surface area (Å²) < 4.78 is 9.86. The zero-order valence-corrected chi connectivity index (χ0v) is 13.3. The van der Waals surface area contributed by atoms with Crippen LogP contribution in [0.5, 0.6) is 0 Å². The maximum Gasteiger partial charge on any atom is 0.339 e. The lowest BCUT2D eigenvalue weighted by atomic mass is 10.1. The van der Waals surface area contributed by atoms with E-state index < -0.39 is 18.5 Å². The molecule has 2 heterocycles. The number of fused-ring (bicyclic) bond motifs is 1. The first kappa shape index (κ1) is 15.9. The molecule has 2 aromatic heterocycles. The first-order valence-electron chi connectivity index (χ1n) is 6.98. The van der Waals surface area contributed by atoms with E-state index in [-0.39, 0.29) is 16.5 Å². The van der Waals surface area contributed by atoms with Crippen molar-refractivity contribution in [1.82, 2.24) is 10.1 Å². The van der Waals surface area contributed by atoms with E-state index in [9.17, 15) is 9.59 Å². The van der Waals surface area contributed by atoms with Gasteiger partial charge < -0.3 is 14.6 Å². The van der Waals surface area contributed by atoms with Gasteiger partial charge in [0.25, 0.3) is 5.91 Å². The molecule has 0 atom stereocenters. The van der Waals surface area contributed by atoms with Crippen LogP contribution in [0.15, 0.2) is 40.9 Å². The van der Waals surface area contributed by atoms with Gasteiger partial charge in [0, 0.05) is 11.5 Å². The number of esters is 1. The third kappa shape index (κ3) is 3.52. The Bertz CT molecular complexity index is 923. The van der Waals surface area contributed by atoms with E-state index in [0.717, 1.165) is 0 Å². The van der Waals surface area contributed by atoms with Gasteiger partial charge in [0.2, 0.25) is 0 Å². The Labute approximate surface area is 141 Å². The number of nitrogens with zero attached hydrogens (tertiary/aromatic N) is 2. The van der Waals surface area contributed by atoms with Crippen LogP contribution in [0.2, 0.25) is 5.15 Å². The van der Waals surface area contributed by atoms with Crippen LogP contribution in [0.3, 0.4) is 0 Å². The van der Waals surface area contributed by atoms with Gasteiger partial charge in [-0.25, -0.2) is 9.78 Å². The predicted molar refractivity (Wildman–Crippen MR) is 86.9 cm³/mol. The molecule has 3 rings (SSSR count). The number of hydrogen-bond donors (Lipinski definition) is 1. The van der Waals surface area contributed by atoms with Gasteiger partial charge in [-0.05, 0) is 19.1 Å². The number of anilines is 1. The fourth-order valence-electron chi connectivity index (χ4n) is 2.13. The van der Waals surface area contributed by atoms with Gasteiger partial charge in [-0.3, -0.25) is 4.79 Å². The molecule has 8 heteroatoms. The number of nitrogens with one attached hydrogen (secondary N) is 1. The van der Waals surface area contributed by atoms with E-state index in [4.69, 9.17) is 20.9 Å². The van der Waals surface area contributed by atoms with Gasteiger partial charge in [0.05, 0.1) is 11.1 Å². The summed E-state index contributed by atoms with van der Waals surface area (Å²) in [4.78, 5) is 28.2. The molecular formula is C16H12ClN3O4. The van der Waals surface area contributed by atoms with Gasteiger partial charge in [0.1, 0.15) is 10.9 Å². The van der Waals surface area contributed by atoms with Crippen molar-refractivity contribution in [2.75, 3.05) is 11.9 Å². The highest BCUT2D eigenvalue weighted by Gasteiger charge is 2.16. The largest absolute Gasteiger partial charge is 0.452 e. The fourth-order valence-corrected chi connectivity index (χ4v) is 2.33. The van der Waals surface area contributed by atoms with E-state index in [1.165, 1.54) is 6.07 Å².